The van der Waals surface area contributed by atoms with E-state index in [2.05, 4.69) is 25.9 Å². The highest BCUT2D eigenvalue weighted by molar-refractivity contribution is 5.77. The second kappa shape index (κ2) is 5.72. The van der Waals surface area contributed by atoms with Crippen molar-refractivity contribution >= 4 is 5.91 Å². The fourth-order valence-corrected chi connectivity index (χ4v) is 1.07. The third kappa shape index (κ3) is 5.39. The maximum atomic E-state index is 11.5. The van der Waals surface area contributed by atoms with E-state index in [9.17, 15) is 4.79 Å². The summed E-state index contributed by atoms with van der Waals surface area (Å²) in [5, 5.41) is 16.3. The van der Waals surface area contributed by atoms with Gasteiger partial charge in [0.15, 0.2) is 5.82 Å². The van der Waals surface area contributed by atoms with Crippen LogP contribution in [0.5, 0.6) is 0 Å². The number of ether oxygens (including phenoxy) is 1. The van der Waals surface area contributed by atoms with Gasteiger partial charge in [-0.3, -0.25) is 4.79 Å². The largest absolute Gasteiger partial charge is 0.366 e. The molecule has 0 aliphatic rings. The number of amides is 1. The van der Waals surface area contributed by atoms with Crippen molar-refractivity contribution in [1.82, 2.24) is 25.9 Å². The summed E-state index contributed by atoms with van der Waals surface area (Å²) in [6, 6.07) is 0. The van der Waals surface area contributed by atoms with Gasteiger partial charge in [-0.2, -0.15) is 5.21 Å². The molecular weight excluding hydrogens is 222 g/mol. The summed E-state index contributed by atoms with van der Waals surface area (Å²) >= 11 is 0. The van der Waals surface area contributed by atoms with Crippen LogP contribution in [-0.2, 0) is 9.53 Å². The zero-order valence-electron chi connectivity index (χ0n) is 10.6. The summed E-state index contributed by atoms with van der Waals surface area (Å²) in [5.74, 6) is 0.463. The number of nitrogens with zero attached hydrogens (tertiary/aromatic N) is 3. The van der Waals surface area contributed by atoms with E-state index in [4.69, 9.17) is 4.74 Å². The highest BCUT2D eigenvalue weighted by atomic mass is 16.5. The molecule has 0 radical (unpaired) electrons. The Morgan fingerprint density at radius 1 is 1.53 bits per heavy atom. The summed E-state index contributed by atoms with van der Waals surface area (Å²) in [7, 11) is 0. The molecule has 0 saturated heterocycles. The Kier molecular flexibility index (Phi) is 4.56. The van der Waals surface area contributed by atoms with Crippen LogP contribution in [0.1, 0.15) is 39.4 Å². The minimum Gasteiger partial charge on any atom is -0.366 e. The summed E-state index contributed by atoms with van der Waals surface area (Å²) in [6.07, 6.45) is 0. The lowest BCUT2D eigenvalue weighted by Crippen LogP contribution is -2.34. The lowest BCUT2D eigenvalue weighted by molar-refractivity contribution is -0.130. The van der Waals surface area contributed by atoms with Gasteiger partial charge in [0.1, 0.15) is 6.61 Å². The highest BCUT2D eigenvalue weighted by Crippen LogP contribution is 2.07. The molecule has 1 heterocycles. The molecule has 7 nitrogen and oxygen atoms in total. The second-order valence-electron chi connectivity index (χ2n) is 4.88. The molecule has 2 N–H and O–H groups in total. The smallest absolute Gasteiger partial charge is 0.246 e. The van der Waals surface area contributed by atoms with Crippen molar-refractivity contribution in [2.75, 3.05) is 13.2 Å². The number of tetrazole rings is 1. The molecular formula is C10H19N5O2. The van der Waals surface area contributed by atoms with Gasteiger partial charge in [0.25, 0.3) is 0 Å². The van der Waals surface area contributed by atoms with Gasteiger partial charge >= 0.3 is 0 Å². The van der Waals surface area contributed by atoms with E-state index in [-0.39, 0.29) is 24.0 Å². The molecule has 0 aliphatic carbocycles. The van der Waals surface area contributed by atoms with Crippen molar-refractivity contribution in [3.63, 3.8) is 0 Å². The zero-order chi connectivity index (χ0) is 12.9. The number of aromatic amines is 1. The van der Waals surface area contributed by atoms with E-state index in [1.165, 1.54) is 0 Å². The van der Waals surface area contributed by atoms with Gasteiger partial charge in [-0.05, 0) is 20.8 Å². The monoisotopic (exact) mass is 241 g/mol. The minimum absolute atomic E-state index is 0.0207. The fourth-order valence-electron chi connectivity index (χ4n) is 1.07. The number of aromatic nitrogens is 4. The Balaban J connectivity index is 2.24. The number of nitrogens with one attached hydrogen (secondary N) is 2. The van der Waals surface area contributed by atoms with E-state index in [1.54, 1.807) is 0 Å². The van der Waals surface area contributed by atoms with Crippen molar-refractivity contribution in [2.24, 2.45) is 0 Å². The van der Waals surface area contributed by atoms with E-state index < -0.39 is 0 Å². The van der Waals surface area contributed by atoms with Crippen LogP contribution in [0.4, 0.5) is 0 Å². The Labute approximate surface area is 100 Å². The molecule has 1 rings (SSSR count). The average Bonchev–Trinajstić information content (AvgIpc) is 2.75. The molecule has 1 amide bonds. The van der Waals surface area contributed by atoms with Crippen LogP contribution in [0.15, 0.2) is 0 Å². The molecule has 1 unspecified atom stereocenters. The van der Waals surface area contributed by atoms with Gasteiger partial charge in [0.05, 0.1) is 5.60 Å². The van der Waals surface area contributed by atoms with Crippen LogP contribution in [0.2, 0.25) is 0 Å². The maximum absolute atomic E-state index is 11.5. The molecule has 7 heteroatoms. The van der Waals surface area contributed by atoms with E-state index in [1.807, 2.05) is 27.7 Å². The first-order chi connectivity index (χ1) is 7.88. The molecule has 96 valence electrons. The minimum atomic E-state index is -0.309. The summed E-state index contributed by atoms with van der Waals surface area (Å²) in [5.41, 5.74) is -0.309. The predicted molar refractivity (Wildman–Crippen MR) is 61.3 cm³/mol. The van der Waals surface area contributed by atoms with Gasteiger partial charge < -0.3 is 10.1 Å². The number of hydrogen-bond acceptors (Lipinski definition) is 5. The predicted octanol–water partition coefficient (Wildman–Crippen LogP) is 0.234. The quantitative estimate of drug-likeness (QED) is 0.770. The molecule has 1 aromatic heterocycles. The summed E-state index contributed by atoms with van der Waals surface area (Å²) in [4.78, 5) is 11.5. The van der Waals surface area contributed by atoms with Crippen LogP contribution < -0.4 is 5.32 Å². The standard InChI is InChI=1S/C10H19N5O2/c1-7(9-12-14-15-13-9)5-11-8(16)6-17-10(2,3)4/h7H,5-6H2,1-4H3,(H,11,16)(H,12,13,14,15). The van der Waals surface area contributed by atoms with Crippen molar-refractivity contribution < 1.29 is 9.53 Å². The van der Waals surface area contributed by atoms with Gasteiger partial charge in [0, 0.05) is 12.5 Å². The van der Waals surface area contributed by atoms with E-state index >= 15 is 0 Å². The van der Waals surface area contributed by atoms with E-state index in [0.29, 0.717) is 12.4 Å². The van der Waals surface area contributed by atoms with Crippen LogP contribution in [0.25, 0.3) is 0 Å². The normalized spacial score (nSPS) is 13.4. The number of carbonyl (C=O) groups is 1. The van der Waals surface area contributed by atoms with Crippen LogP contribution in [0.3, 0.4) is 0 Å². The molecule has 0 fully saturated rings. The van der Waals surface area contributed by atoms with Crippen molar-refractivity contribution in [3.05, 3.63) is 5.82 Å². The van der Waals surface area contributed by atoms with E-state index in [0.717, 1.165) is 0 Å². The molecule has 0 spiro atoms. The SMILES string of the molecule is CC(CNC(=O)COC(C)(C)C)c1nn[nH]n1. The molecule has 0 saturated carbocycles. The van der Waals surface area contributed by atoms with Crippen molar-refractivity contribution in [1.29, 1.82) is 0 Å². The van der Waals surface area contributed by atoms with Gasteiger partial charge in [0.2, 0.25) is 5.91 Å². The molecule has 0 bridgehead atoms. The van der Waals surface area contributed by atoms with Gasteiger partial charge in [-0.25, -0.2) is 0 Å². The topological polar surface area (TPSA) is 92.8 Å². The molecule has 0 aromatic carbocycles. The Morgan fingerprint density at radius 2 is 2.24 bits per heavy atom. The number of H-pyrrole nitrogens is 1. The number of hydrogen-bond donors (Lipinski definition) is 2. The first-order valence-corrected chi connectivity index (χ1v) is 5.52. The summed E-state index contributed by atoms with van der Waals surface area (Å²) in [6.45, 7) is 8.15. The van der Waals surface area contributed by atoms with Crippen molar-refractivity contribution in [3.8, 4) is 0 Å². The Hall–Kier alpha value is -1.50. The molecule has 1 atom stereocenters. The third-order valence-electron chi connectivity index (χ3n) is 2.04. The average molecular weight is 241 g/mol. The fraction of sp³-hybridized carbons (Fsp3) is 0.800. The van der Waals surface area contributed by atoms with Gasteiger partial charge in [-0.1, -0.05) is 12.1 Å². The Bertz CT molecular complexity index is 344. The first-order valence-electron chi connectivity index (χ1n) is 5.52. The summed E-state index contributed by atoms with van der Waals surface area (Å²) < 4.78 is 5.35. The maximum Gasteiger partial charge on any atom is 0.246 e. The lowest BCUT2D eigenvalue weighted by atomic mass is 10.1. The molecule has 0 aliphatic heterocycles. The Morgan fingerprint density at radius 3 is 2.76 bits per heavy atom. The zero-order valence-corrected chi connectivity index (χ0v) is 10.6. The third-order valence-corrected chi connectivity index (χ3v) is 2.04. The first kappa shape index (κ1) is 13.6. The second-order valence-corrected chi connectivity index (χ2v) is 4.88. The highest BCUT2D eigenvalue weighted by Gasteiger charge is 2.15. The number of rotatable bonds is 5. The van der Waals surface area contributed by atoms with Crippen LogP contribution in [0, 0.1) is 0 Å². The number of carbonyl (C=O) groups excluding carboxylic acids is 1. The lowest BCUT2D eigenvalue weighted by Gasteiger charge is -2.19. The molecule has 17 heavy (non-hydrogen) atoms. The van der Waals surface area contributed by atoms with Gasteiger partial charge in [-0.15, -0.1) is 10.2 Å². The van der Waals surface area contributed by atoms with Crippen LogP contribution in [-0.4, -0.2) is 45.3 Å². The molecule has 1 aromatic rings. The van der Waals surface area contributed by atoms with Crippen LogP contribution >= 0.6 is 0 Å². The van der Waals surface area contributed by atoms with Crippen molar-refractivity contribution in [2.45, 2.75) is 39.2 Å².